The first-order valence-corrected chi connectivity index (χ1v) is 8.41. The summed E-state index contributed by atoms with van der Waals surface area (Å²) in [7, 11) is 0. The Morgan fingerprint density at radius 2 is 1.76 bits per heavy atom. The lowest BCUT2D eigenvalue weighted by atomic mass is 9.97. The van der Waals surface area contributed by atoms with Crippen molar-refractivity contribution in [1.82, 2.24) is 14.8 Å². The first-order chi connectivity index (χ1) is 13.3. The summed E-state index contributed by atoms with van der Waals surface area (Å²) in [5.41, 5.74) is -4.45. The van der Waals surface area contributed by atoms with E-state index in [0.29, 0.717) is 11.4 Å². The molecule has 0 unspecified atom stereocenters. The van der Waals surface area contributed by atoms with Crippen LogP contribution in [0.3, 0.4) is 0 Å². The number of rotatable bonds is 6. The summed E-state index contributed by atoms with van der Waals surface area (Å²) in [6.07, 6.45) is -11.4. The van der Waals surface area contributed by atoms with E-state index in [1.54, 1.807) is 12.1 Å². The fourth-order valence-electron chi connectivity index (χ4n) is 2.68. The number of aryl methyl sites for hydroxylation is 1. The number of aromatic nitrogens is 3. The van der Waals surface area contributed by atoms with Gasteiger partial charge >= 0.3 is 12.4 Å². The Kier molecular flexibility index (Phi) is 6.24. The fourth-order valence-corrected chi connectivity index (χ4v) is 2.68. The molecule has 160 valence electrons. The second-order valence-corrected chi connectivity index (χ2v) is 6.19. The number of pyridine rings is 1. The first kappa shape index (κ1) is 22.6. The average molecular weight is 426 g/mol. The van der Waals surface area contributed by atoms with Crippen LogP contribution in [0.2, 0.25) is 0 Å². The smallest absolute Gasteiger partial charge is 0.310 e. The summed E-state index contributed by atoms with van der Waals surface area (Å²) < 4.78 is 91.2. The molecule has 0 aliphatic rings. The molecule has 0 saturated heterocycles. The summed E-state index contributed by atoms with van der Waals surface area (Å²) in [5, 5.41) is 4.17. The number of hydrogen-bond donors (Lipinski definition) is 0. The topological polar surface area (TPSA) is 51.0 Å². The SMILES string of the molecule is CCN(C(=O)CCC(F)(C(F)(F)F)C(F)(F)F)c1cn(-c2cccnc2)nc1C. The van der Waals surface area contributed by atoms with Gasteiger partial charge in [-0.25, -0.2) is 9.07 Å². The van der Waals surface area contributed by atoms with Gasteiger partial charge in [-0.2, -0.15) is 31.4 Å². The van der Waals surface area contributed by atoms with Crippen molar-refractivity contribution < 1.29 is 35.5 Å². The van der Waals surface area contributed by atoms with Crippen LogP contribution in [0.5, 0.6) is 0 Å². The van der Waals surface area contributed by atoms with E-state index in [4.69, 9.17) is 0 Å². The lowest BCUT2D eigenvalue weighted by Crippen LogP contribution is -2.53. The summed E-state index contributed by atoms with van der Waals surface area (Å²) in [6, 6.07) is 3.29. The monoisotopic (exact) mass is 426 g/mol. The zero-order chi connectivity index (χ0) is 22.0. The molecule has 0 aromatic carbocycles. The molecule has 1 amide bonds. The number of anilines is 1. The molecule has 0 spiro atoms. The Morgan fingerprint density at radius 3 is 2.24 bits per heavy atom. The molecule has 2 aromatic heterocycles. The van der Waals surface area contributed by atoms with Gasteiger partial charge in [0.05, 0.1) is 29.5 Å². The third-order valence-corrected chi connectivity index (χ3v) is 4.27. The van der Waals surface area contributed by atoms with Crippen molar-refractivity contribution in [3.63, 3.8) is 0 Å². The summed E-state index contributed by atoms with van der Waals surface area (Å²) in [4.78, 5) is 17.2. The molecule has 0 N–H and O–H groups in total. The number of nitrogens with zero attached hydrogens (tertiary/aromatic N) is 4. The highest BCUT2D eigenvalue weighted by Gasteiger charge is 2.72. The summed E-state index contributed by atoms with van der Waals surface area (Å²) in [5.74, 6) is -1.09. The zero-order valence-electron chi connectivity index (χ0n) is 15.4. The molecule has 0 saturated carbocycles. The van der Waals surface area contributed by atoms with Crippen molar-refractivity contribution in [2.75, 3.05) is 11.4 Å². The number of alkyl halides is 7. The quantitative estimate of drug-likeness (QED) is 0.638. The number of carbonyl (C=O) groups excluding carboxylic acids is 1. The second-order valence-electron chi connectivity index (χ2n) is 6.19. The maximum absolute atomic E-state index is 13.8. The van der Waals surface area contributed by atoms with Crippen LogP contribution in [0.25, 0.3) is 5.69 Å². The Labute approximate surface area is 161 Å². The van der Waals surface area contributed by atoms with E-state index in [0.717, 1.165) is 4.90 Å². The van der Waals surface area contributed by atoms with Gasteiger partial charge in [0.1, 0.15) is 0 Å². The Balaban J connectivity index is 2.25. The molecule has 2 heterocycles. The van der Waals surface area contributed by atoms with E-state index in [-0.39, 0.29) is 12.2 Å². The summed E-state index contributed by atoms with van der Waals surface area (Å²) in [6.45, 7) is 2.94. The molecule has 29 heavy (non-hydrogen) atoms. The second kappa shape index (κ2) is 7.99. The molecule has 0 aliphatic carbocycles. The molecule has 0 atom stereocenters. The van der Waals surface area contributed by atoms with Gasteiger partial charge in [0.25, 0.3) is 5.67 Å². The van der Waals surface area contributed by atoms with Crippen LogP contribution in [0.1, 0.15) is 25.5 Å². The Morgan fingerprint density at radius 1 is 1.14 bits per heavy atom. The van der Waals surface area contributed by atoms with Crippen LogP contribution in [-0.4, -0.2) is 45.2 Å². The molecule has 2 aromatic rings. The van der Waals surface area contributed by atoms with Crippen LogP contribution in [0.15, 0.2) is 30.7 Å². The normalized spacial score (nSPS) is 12.9. The van der Waals surface area contributed by atoms with Crippen molar-refractivity contribution in [3.8, 4) is 5.69 Å². The molecule has 12 heteroatoms. The molecule has 5 nitrogen and oxygen atoms in total. The average Bonchev–Trinajstić information content (AvgIpc) is 3.01. The number of hydrogen-bond acceptors (Lipinski definition) is 3. The number of carbonyl (C=O) groups is 1. The Bertz CT molecular complexity index is 832. The highest BCUT2D eigenvalue weighted by molar-refractivity contribution is 5.93. The fraction of sp³-hybridized carbons (Fsp3) is 0.471. The van der Waals surface area contributed by atoms with Crippen LogP contribution < -0.4 is 4.90 Å². The lowest BCUT2D eigenvalue weighted by Gasteiger charge is -2.30. The standard InChI is InChI=1S/C17H17F7N4O/c1-3-27(13-10-28(26-11(13)2)12-5-4-8-25-9-12)14(29)6-7-15(18,16(19,20)21)17(22,23)24/h4-5,8-10H,3,6-7H2,1-2H3. The van der Waals surface area contributed by atoms with E-state index in [1.807, 2.05) is 0 Å². The van der Waals surface area contributed by atoms with E-state index in [9.17, 15) is 35.5 Å². The van der Waals surface area contributed by atoms with E-state index >= 15 is 0 Å². The maximum Gasteiger partial charge on any atom is 0.431 e. The predicted octanol–water partition coefficient (Wildman–Crippen LogP) is 4.54. The molecule has 0 aliphatic heterocycles. The predicted molar refractivity (Wildman–Crippen MR) is 89.3 cm³/mol. The van der Waals surface area contributed by atoms with Gasteiger partial charge in [0, 0.05) is 25.6 Å². The van der Waals surface area contributed by atoms with Crippen LogP contribution in [-0.2, 0) is 4.79 Å². The third kappa shape index (κ3) is 4.51. The molecular formula is C17H17F7N4O. The third-order valence-electron chi connectivity index (χ3n) is 4.27. The highest BCUT2D eigenvalue weighted by Crippen LogP contribution is 2.49. The van der Waals surface area contributed by atoms with Crippen molar-refractivity contribution in [2.24, 2.45) is 0 Å². The van der Waals surface area contributed by atoms with Crippen LogP contribution in [0.4, 0.5) is 36.4 Å². The molecule has 0 bridgehead atoms. The van der Waals surface area contributed by atoms with Crippen molar-refractivity contribution in [3.05, 3.63) is 36.4 Å². The number of amides is 1. The minimum Gasteiger partial charge on any atom is -0.310 e. The van der Waals surface area contributed by atoms with Gasteiger partial charge in [-0.15, -0.1) is 0 Å². The van der Waals surface area contributed by atoms with Crippen LogP contribution >= 0.6 is 0 Å². The maximum atomic E-state index is 13.8. The van der Waals surface area contributed by atoms with Gasteiger partial charge in [-0.1, -0.05) is 0 Å². The molecule has 0 radical (unpaired) electrons. The molecular weight excluding hydrogens is 409 g/mol. The van der Waals surface area contributed by atoms with Gasteiger partial charge in [0.15, 0.2) is 0 Å². The minimum absolute atomic E-state index is 0.0598. The van der Waals surface area contributed by atoms with Gasteiger partial charge in [-0.05, 0) is 26.0 Å². The zero-order valence-corrected chi connectivity index (χ0v) is 15.4. The Hall–Kier alpha value is -2.66. The van der Waals surface area contributed by atoms with Gasteiger partial charge < -0.3 is 4.90 Å². The molecule has 0 fully saturated rings. The largest absolute Gasteiger partial charge is 0.431 e. The summed E-state index contributed by atoms with van der Waals surface area (Å²) >= 11 is 0. The van der Waals surface area contributed by atoms with E-state index in [1.165, 1.54) is 37.1 Å². The molecule has 2 rings (SSSR count). The van der Waals surface area contributed by atoms with Gasteiger partial charge in [-0.3, -0.25) is 9.78 Å². The van der Waals surface area contributed by atoms with Crippen molar-refractivity contribution in [2.45, 2.75) is 44.7 Å². The lowest BCUT2D eigenvalue weighted by molar-refractivity contribution is -0.342. The van der Waals surface area contributed by atoms with Crippen molar-refractivity contribution >= 4 is 11.6 Å². The number of halogens is 7. The van der Waals surface area contributed by atoms with Gasteiger partial charge in [0.2, 0.25) is 5.91 Å². The van der Waals surface area contributed by atoms with Crippen LogP contribution in [0, 0.1) is 6.92 Å². The van der Waals surface area contributed by atoms with Crippen molar-refractivity contribution in [1.29, 1.82) is 0 Å². The van der Waals surface area contributed by atoms with E-state index < -0.39 is 36.8 Å². The highest BCUT2D eigenvalue weighted by atomic mass is 19.4. The first-order valence-electron chi connectivity index (χ1n) is 8.41. The minimum atomic E-state index is -6.19. The van der Waals surface area contributed by atoms with E-state index in [2.05, 4.69) is 10.1 Å².